The van der Waals surface area contributed by atoms with Gasteiger partial charge in [-0.3, -0.25) is 9.59 Å². The van der Waals surface area contributed by atoms with E-state index in [1.165, 1.54) is 12.1 Å². The van der Waals surface area contributed by atoms with Gasteiger partial charge in [0.2, 0.25) is 11.6 Å². The molecule has 2 aromatic rings. The van der Waals surface area contributed by atoms with Gasteiger partial charge >= 0.3 is 0 Å². The van der Waals surface area contributed by atoms with Crippen LogP contribution in [0.25, 0.3) is 0 Å². The Balaban J connectivity index is 2.42. The van der Waals surface area contributed by atoms with Crippen LogP contribution in [0.2, 0.25) is 10.0 Å². The maximum Gasteiger partial charge on any atom is 0.235 e. The molecule has 0 aliphatic carbocycles. The summed E-state index contributed by atoms with van der Waals surface area (Å²) in [4.78, 5) is 23.9. The van der Waals surface area contributed by atoms with Gasteiger partial charge < -0.3 is 0 Å². The minimum Gasteiger partial charge on any atom is -0.285 e. The Morgan fingerprint density at radius 2 is 1.65 bits per heavy atom. The highest BCUT2D eigenvalue weighted by atomic mass is 35.5. The molecular formula is C14H6Cl2F2O2. The number of hydrogen-bond acceptors (Lipinski definition) is 2. The smallest absolute Gasteiger partial charge is 0.235 e. The van der Waals surface area contributed by atoms with Gasteiger partial charge in [-0.25, -0.2) is 8.78 Å². The molecule has 0 amide bonds. The highest BCUT2D eigenvalue weighted by Gasteiger charge is 2.23. The molecule has 2 rings (SSSR count). The highest BCUT2D eigenvalue weighted by Crippen LogP contribution is 2.27. The second-order valence-corrected chi connectivity index (χ2v) is 4.68. The summed E-state index contributed by atoms with van der Waals surface area (Å²) in [6, 6.07) is 6.89. The van der Waals surface area contributed by atoms with Crippen LogP contribution in [0.1, 0.15) is 20.7 Å². The van der Waals surface area contributed by atoms with E-state index in [2.05, 4.69) is 0 Å². The van der Waals surface area contributed by atoms with Gasteiger partial charge in [0.05, 0.1) is 10.0 Å². The summed E-state index contributed by atoms with van der Waals surface area (Å²) in [5, 5.41) is -0.794. The van der Waals surface area contributed by atoms with Crippen LogP contribution in [0.15, 0.2) is 36.4 Å². The zero-order valence-corrected chi connectivity index (χ0v) is 11.3. The standard InChI is InChI=1S/C14H6Cl2F2O2/c15-10-5-4-9(11(16)12(10)18)14(20)13(19)7-2-1-3-8(17)6-7/h1-6H. The second-order valence-electron chi connectivity index (χ2n) is 3.89. The number of rotatable bonds is 3. The molecule has 0 heterocycles. The van der Waals surface area contributed by atoms with Crippen LogP contribution in [0.5, 0.6) is 0 Å². The molecule has 0 aromatic heterocycles. The molecule has 6 heteroatoms. The fraction of sp³-hybridized carbons (Fsp3) is 0. The predicted molar refractivity (Wildman–Crippen MR) is 71.5 cm³/mol. The zero-order valence-electron chi connectivity index (χ0n) is 9.79. The van der Waals surface area contributed by atoms with Gasteiger partial charge in [-0.05, 0) is 24.3 Å². The molecule has 102 valence electrons. The van der Waals surface area contributed by atoms with E-state index < -0.39 is 28.2 Å². The molecule has 0 bridgehead atoms. The van der Waals surface area contributed by atoms with Crippen LogP contribution in [-0.4, -0.2) is 11.6 Å². The molecular weight excluding hydrogens is 309 g/mol. The van der Waals surface area contributed by atoms with E-state index >= 15 is 0 Å². The van der Waals surface area contributed by atoms with Crippen molar-refractivity contribution in [3.05, 3.63) is 69.2 Å². The first-order valence-electron chi connectivity index (χ1n) is 5.40. The minimum absolute atomic E-state index is 0.138. The topological polar surface area (TPSA) is 34.1 Å². The van der Waals surface area contributed by atoms with Gasteiger partial charge in [0.1, 0.15) is 5.82 Å². The van der Waals surface area contributed by atoms with E-state index in [4.69, 9.17) is 23.2 Å². The van der Waals surface area contributed by atoms with Crippen LogP contribution in [-0.2, 0) is 0 Å². The summed E-state index contributed by atoms with van der Waals surface area (Å²) >= 11 is 11.2. The molecule has 0 saturated heterocycles. The Morgan fingerprint density at radius 1 is 0.950 bits per heavy atom. The van der Waals surface area contributed by atoms with Crippen LogP contribution in [0.3, 0.4) is 0 Å². The SMILES string of the molecule is O=C(C(=O)c1ccc(Cl)c(F)c1Cl)c1cccc(F)c1. The first kappa shape index (κ1) is 14.6. The third-order valence-electron chi connectivity index (χ3n) is 2.57. The highest BCUT2D eigenvalue weighted by molar-refractivity contribution is 6.52. The largest absolute Gasteiger partial charge is 0.285 e. The Morgan fingerprint density at radius 3 is 2.30 bits per heavy atom. The molecule has 0 atom stereocenters. The minimum atomic E-state index is -1.03. The number of Topliss-reactive ketones (excluding diaryl/α,β-unsaturated/α-hetero) is 2. The van der Waals surface area contributed by atoms with Crippen LogP contribution in [0, 0.1) is 11.6 Å². The summed E-state index contributed by atoms with van der Waals surface area (Å²) in [6.07, 6.45) is 0. The van der Waals surface area contributed by atoms with Gasteiger partial charge in [-0.2, -0.15) is 0 Å². The molecule has 0 unspecified atom stereocenters. The van der Waals surface area contributed by atoms with Crippen molar-refractivity contribution < 1.29 is 18.4 Å². The third-order valence-corrected chi connectivity index (χ3v) is 3.23. The van der Waals surface area contributed by atoms with Crippen LogP contribution in [0.4, 0.5) is 8.78 Å². The molecule has 2 nitrogen and oxygen atoms in total. The van der Waals surface area contributed by atoms with Crippen molar-refractivity contribution in [2.75, 3.05) is 0 Å². The third kappa shape index (κ3) is 2.71. The molecule has 0 aliphatic rings. The fourth-order valence-corrected chi connectivity index (χ4v) is 2.04. The average Bonchev–Trinajstić information content (AvgIpc) is 2.43. The first-order valence-corrected chi connectivity index (χ1v) is 6.15. The van der Waals surface area contributed by atoms with E-state index in [0.29, 0.717) is 0 Å². The van der Waals surface area contributed by atoms with Gasteiger partial charge in [-0.1, -0.05) is 35.3 Å². The van der Waals surface area contributed by atoms with Crippen molar-refractivity contribution in [3.63, 3.8) is 0 Å². The number of hydrogen-bond donors (Lipinski definition) is 0. The Labute approximate surface area is 122 Å². The molecule has 0 fully saturated rings. The number of carbonyl (C=O) groups is 2. The molecule has 20 heavy (non-hydrogen) atoms. The maximum absolute atomic E-state index is 13.5. The molecule has 0 saturated carbocycles. The maximum atomic E-state index is 13.5. The van der Waals surface area contributed by atoms with E-state index in [-0.39, 0.29) is 16.1 Å². The molecule has 0 aliphatic heterocycles. The summed E-state index contributed by atoms with van der Waals surface area (Å²) in [7, 11) is 0. The van der Waals surface area contributed by atoms with E-state index in [1.54, 1.807) is 0 Å². The summed E-state index contributed by atoms with van der Waals surface area (Å²) < 4.78 is 26.5. The van der Waals surface area contributed by atoms with E-state index in [9.17, 15) is 18.4 Å². The molecule has 0 radical (unpaired) electrons. The van der Waals surface area contributed by atoms with Crippen LogP contribution >= 0.6 is 23.2 Å². The summed E-state index contributed by atoms with van der Waals surface area (Å²) in [5.74, 6) is -3.65. The number of halogens is 4. The monoisotopic (exact) mass is 314 g/mol. The lowest BCUT2D eigenvalue weighted by Gasteiger charge is -2.05. The van der Waals surface area contributed by atoms with Crippen LogP contribution < -0.4 is 0 Å². The lowest BCUT2D eigenvalue weighted by Crippen LogP contribution is -2.15. The van der Waals surface area contributed by atoms with E-state index in [1.807, 2.05) is 0 Å². The Bertz CT molecular complexity index is 714. The van der Waals surface area contributed by atoms with Crippen molar-refractivity contribution >= 4 is 34.8 Å². The quantitative estimate of drug-likeness (QED) is 0.480. The number of benzene rings is 2. The van der Waals surface area contributed by atoms with E-state index in [0.717, 1.165) is 24.3 Å². The average molecular weight is 315 g/mol. The molecule has 2 aromatic carbocycles. The number of ketones is 2. The molecule has 0 N–H and O–H groups in total. The summed E-state index contributed by atoms with van der Waals surface area (Å²) in [6.45, 7) is 0. The van der Waals surface area contributed by atoms with Crippen molar-refractivity contribution in [2.45, 2.75) is 0 Å². The van der Waals surface area contributed by atoms with Gasteiger partial charge in [0.15, 0.2) is 5.82 Å². The lowest BCUT2D eigenvalue weighted by molar-refractivity contribution is 0.0816. The lowest BCUT2D eigenvalue weighted by atomic mass is 10.0. The van der Waals surface area contributed by atoms with Crippen molar-refractivity contribution in [3.8, 4) is 0 Å². The normalized spacial score (nSPS) is 10.4. The Hall–Kier alpha value is -1.78. The second kappa shape index (κ2) is 5.69. The number of carbonyl (C=O) groups excluding carboxylic acids is 2. The van der Waals surface area contributed by atoms with Crippen molar-refractivity contribution in [1.82, 2.24) is 0 Å². The summed E-state index contributed by atoms with van der Waals surface area (Å²) in [5.41, 5.74) is -0.454. The molecule has 0 spiro atoms. The zero-order chi connectivity index (χ0) is 14.9. The van der Waals surface area contributed by atoms with Gasteiger partial charge in [0.25, 0.3) is 0 Å². The van der Waals surface area contributed by atoms with Gasteiger partial charge in [0, 0.05) is 11.1 Å². The first-order chi connectivity index (χ1) is 9.41. The van der Waals surface area contributed by atoms with Crippen molar-refractivity contribution in [2.24, 2.45) is 0 Å². The predicted octanol–water partition coefficient (Wildman–Crippen LogP) is 4.34. The Kier molecular flexibility index (Phi) is 4.16. The fourth-order valence-electron chi connectivity index (χ4n) is 1.58. The van der Waals surface area contributed by atoms with Gasteiger partial charge in [-0.15, -0.1) is 0 Å². The van der Waals surface area contributed by atoms with Crippen molar-refractivity contribution in [1.29, 1.82) is 0 Å².